The molecule has 7 heteroatoms. The Labute approximate surface area is 123 Å². The normalized spacial score (nSPS) is 17.2. The summed E-state index contributed by atoms with van der Waals surface area (Å²) in [7, 11) is 1.53. The minimum Gasteiger partial charge on any atom is -0.481 e. The van der Waals surface area contributed by atoms with Crippen molar-refractivity contribution in [3.63, 3.8) is 0 Å². The number of ether oxygens (including phenoxy) is 2. The number of amides is 2. The van der Waals surface area contributed by atoms with Gasteiger partial charge in [0.25, 0.3) is 0 Å². The zero-order valence-corrected chi connectivity index (χ0v) is 12.1. The van der Waals surface area contributed by atoms with Crippen LogP contribution in [0.15, 0.2) is 12.1 Å². The molecule has 7 nitrogen and oxygen atoms in total. The molecule has 21 heavy (non-hydrogen) atoms. The van der Waals surface area contributed by atoms with E-state index in [0.717, 1.165) is 11.3 Å². The SMILES string of the molecule is COc1nc(C)ccc1CNC(=O)OCC1CCC(=O)N1. The van der Waals surface area contributed by atoms with E-state index in [1.165, 1.54) is 7.11 Å². The summed E-state index contributed by atoms with van der Waals surface area (Å²) in [6.45, 7) is 2.32. The molecule has 0 bridgehead atoms. The molecule has 2 N–H and O–H groups in total. The van der Waals surface area contributed by atoms with Crippen molar-refractivity contribution in [3.05, 3.63) is 23.4 Å². The summed E-state index contributed by atoms with van der Waals surface area (Å²) >= 11 is 0. The maximum absolute atomic E-state index is 11.6. The Morgan fingerprint density at radius 2 is 2.33 bits per heavy atom. The monoisotopic (exact) mass is 293 g/mol. The lowest BCUT2D eigenvalue weighted by molar-refractivity contribution is -0.119. The molecule has 114 valence electrons. The summed E-state index contributed by atoms with van der Waals surface area (Å²) in [6, 6.07) is 3.61. The van der Waals surface area contributed by atoms with E-state index < -0.39 is 6.09 Å². The van der Waals surface area contributed by atoms with Crippen LogP contribution in [0.25, 0.3) is 0 Å². The van der Waals surface area contributed by atoms with Gasteiger partial charge in [0.1, 0.15) is 6.61 Å². The fourth-order valence-electron chi connectivity index (χ4n) is 2.07. The summed E-state index contributed by atoms with van der Waals surface area (Å²) in [5, 5.41) is 5.37. The summed E-state index contributed by atoms with van der Waals surface area (Å²) < 4.78 is 10.2. The standard InChI is InChI=1S/C14H19N3O4/c1-9-3-4-10(13(16-9)20-2)7-15-14(19)21-8-11-5-6-12(18)17-11/h3-4,11H,5-8H2,1-2H3,(H,15,19)(H,17,18). The smallest absolute Gasteiger partial charge is 0.407 e. The molecule has 1 atom stereocenters. The van der Waals surface area contributed by atoms with Gasteiger partial charge in [0.05, 0.1) is 19.7 Å². The van der Waals surface area contributed by atoms with Crippen molar-refractivity contribution >= 4 is 12.0 Å². The van der Waals surface area contributed by atoms with Gasteiger partial charge in [0.2, 0.25) is 11.8 Å². The van der Waals surface area contributed by atoms with Crippen LogP contribution in [0.2, 0.25) is 0 Å². The lowest BCUT2D eigenvalue weighted by atomic mass is 10.2. The molecule has 0 aliphatic carbocycles. The second-order valence-electron chi connectivity index (χ2n) is 4.88. The van der Waals surface area contributed by atoms with Gasteiger partial charge in [-0.3, -0.25) is 4.79 Å². The van der Waals surface area contributed by atoms with E-state index in [9.17, 15) is 9.59 Å². The lowest BCUT2D eigenvalue weighted by Crippen LogP contribution is -2.33. The summed E-state index contributed by atoms with van der Waals surface area (Å²) in [5.41, 5.74) is 1.62. The third-order valence-electron chi connectivity index (χ3n) is 3.20. The van der Waals surface area contributed by atoms with Crippen LogP contribution < -0.4 is 15.4 Å². The van der Waals surface area contributed by atoms with Gasteiger partial charge < -0.3 is 20.1 Å². The fourth-order valence-corrected chi connectivity index (χ4v) is 2.07. The predicted molar refractivity (Wildman–Crippen MR) is 74.9 cm³/mol. The van der Waals surface area contributed by atoms with Crippen LogP contribution in [0.3, 0.4) is 0 Å². The Morgan fingerprint density at radius 1 is 1.52 bits per heavy atom. The molecule has 0 aromatic carbocycles. The molecule has 1 aliphatic heterocycles. The summed E-state index contributed by atoms with van der Waals surface area (Å²) in [5.74, 6) is 0.484. The number of nitrogens with zero attached hydrogens (tertiary/aromatic N) is 1. The van der Waals surface area contributed by atoms with Crippen LogP contribution in [0.1, 0.15) is 24.1 Å². The topological polar surface area (TPSA) is 89.6 Å². The van der Waals surface area contributed by atoms with Crippen molar-refractivity contribution in [1.82, 2.24) is 15.6 Å². The zero-order valence-electron chi connectivity index (χ0n) is 12.1. The second-order valence-corrected chi connectivity index (χ2v) is 4.88. The van der Waals surface area contributed by atoms with E-state index in [4.69, 9.17) is 9.47 Å². The van der Waals surface area contributed by atoms with Gasteiger partial charge >= 0.3 is 6.09 Å². The Hall–Kier alpha value is -2.31. The average molecular weight is 293 g/mol. The minimum absolute atomic E-state index is 0.000487. The van der Waals surface area contributed by atoms with Crippen molar-refractivity contribution in [2.45, 2.75) is 32.4 Å². The highest BCUT2D eigenvalue weighted by atomic mass is 16.5. The molecule has 1 aromatic rings. The van der Waals surface area contributed by atoms with Gasteiger partial charge in [-0.2, -0.15) is 0 Å². The molecule has 1 saturated heterocycles. The number of carbonyl (C=O) groups excluding carboxylic acids is 2. The van der Waals surface area contributed by atoms with Gasteiger partial charge in [-0.05, 0) is 19.4 Å². The largest absolute Gasteiger partial charge is 0.481 e. The maximum Gasteiger partial charge on any atom is 0.407 e. The Morgan fingerprint density at radius 3 is 3.00 bits per heavy atom. The van der Waals surface area contributed by atoms with Crippen LogP contribution in [-0.4, -0.2) is 36.7 Å². The average Bonchev–Trinajstić information content (AvgIpc) is 2.89. The number of nitrogens with one attached hydrogen (secondary N) is 2. The van der Waals surface area contributed by atoms with Crippen LogP contribution >= 0.6 is 0 Å². The van der Waals surface area contributed by atoms with Crippen LogP contribution in [0, 0.1) is 6.92 Å². The van der Waals surface area contributed by atoms with Gasteiger partial charge in [-0.25, -0.2) is 9.78 Å². The van der Waals surface area contributed by atoms with E-state index >= 15 is 0 Å². The number of hydrogen-bond donors (Lipinski definition) is 2. The summed E-state index contributed by atoms with van der Waals surface area (Å²) in [4.78, 5) is 26.9. The molecule has 2 heterocycles. The van der Waals surface area contributed by atoms with Crippen molar-refractivity contribution in [2.75, 3.05) is 13.7 Å². The van der Waals surface area contributed by atoms with Crippen LogP contribution in [-0.2, 0) is 16.1 Å². The first-order valence-corrected chi connectivity index (χ1v) is 6.79. The number of methoxy groups -OCH3 is 1. The molecule has 2 rings (SSSR count). The van der Waals surface area contributed by atoms with Crippen LogP contribution in [0.4, 0.5) is 4.79 Å². The number of carbonyl (C=O) groups is 2. The van der Waals surface area contributed by atoms with Gasteiger partial charge in [0.15, 0.2) is 0 Å². The van der Waals surface area contributed by atoms with Gasteiger partial charge in [0, 0.05) is 17.7 Å². The zero-order chi connectivity index (χ0) is 15.2. The predicted octanol–water partition coefficient (Wildman–Crippen LogP) is 0.903. The highest BCUT2D eigenvalue weighted by molar-refractivity contribution is 5.78. The fraction of sp³-hybridized carbons (Fsp3) is 0.500. The molecule has 2 amide bonds. The molecule has 0 saturated carbocycles. The number of alkyl carbamates (subject to hydrolysis) is 1. The minimum atomic E-state index is -0.529. The molecule has 0 radical (unpaired) electrons. The summed E-state index contributed by atoms with van der Waals surface area (Å²) in [6.07, 6.45) is 0.655. The number of aromatic nitrogens is 1. The van der Waals surface area contributed by atoms with Crippen molar-refractivity contribution in [3.8, 4) is 5.88 Å². The number of rotatable bonds is 5. The number of pyridine rings is 1. The second kappa shape index (κ2) is 6.92. The van der Waals surface area contributed by atoms with Gasteiger partial charge in [-0.1, -0.05) is 6.07 Å². The Bertz CT molecular complexity index is 533. The first-order chi connectivity index (χ1) is 10.1. The first kappa shape index (κ1) is 15.1. The Kier molecular flexibility index (Phi) is 4.97. The number of hydrogen-bond acceptors (Lipinski definition) is 5. The van der Waals surface area contributed by atoms with Gasteiger partial charge in [-0.15, -0.1) is 0 Å². The molecule has 0 spiro atoms. The quantitative estimate of drug-likeness (QED) is 0.842. The van der Waals surface area contributed by atoms with E-state index in [1.807, 2.05) is 19.1 Å². The van der Waals surface area contributed by atoms with Crippen molar-refractivity contribution in [1.29, 1.82) is 0 Å². The molecule has 1 unspecified atom stereocenters. The van der Waals surface area contributed by atoms with Crippen LogP contribution in [0.5, 0.6) is 5.88 Å². The van der Waals surface area contributed by atoms with E-state index in [-0.39, 0.29) is 25.1 Å². The molecule has 1 aromatic heterocycles. The molecular formula is C14H19N3O4. The number of aryl methyl sites for hydroxylation is 1. The highest BCUT2D eigenvalue weighted by Gasteiger charge is 2.21. The molecule has 1 aliphatic rings. The van der Waals surface area contributed by atoms with E-state index in [2.05, 4.69) is 15.6 Å². The highest BCUT2D eigenvalue weighted by Crippen LogP contribution is 2.15. The third kappa shape index (κ3) is 4.34. The molecule has 1 fully saturated rings. The van der Waals surface area contributed by atoms with Crippen molar-refractivity contribution in [2.24, 2.45) is 0 Å². The third-order valence-corrected chi connectivity index (χ3v) is 3.20. The maximum atomic E-state index is 11.6. The van der Waals surface area contributed by atoms with Crippen molar-refractivity contribution < 1.29 is 19.1 Å². The first-order valence-electron chi connectivity index (χ1n) is 6.79. The lowest BCUT2D eigenvalue weighted by Gasteiger charge is -2.12. The van der Waals surface area contributed by atoms with E-state index in [1.54, 1.807) is 0 Å². The van der Waals surface area contributed by atoms with E-state index in [0.29, 0.717) is 18.7 Å². The Balaban J connectivity index is 1.77. The molecular weight excluding hydrogens is 274 g/mol.